The summed E-state index contributed by atoms with van der Waals surface area (Å²) in [5.74, 6) is -0.0275. The normalized spacial score (nSPS) is 23.4. The van der Waals surface area contributed by atoms with Crippen molar-refractivity contribution < 1.29 is 9.90 Å². The monoisotopic (exact) mass is 444 g/mol. The van der Waals surface area contributed by atoms with E-state index in [0.29, 0.717) is 12.2 Å². The second-order valence-electron chi connectivity index (χ2n) is 9.18. The molecule has 0 bridgehead atoms. The fourth-order valence-electron chi connectivity index (χ4n) is 5.30. The highest BCUT2D eigenvalue weighted by atomic mass is 16.3. The van der Waals surface area contributed by atoms with Crippen LogP contribution in [-0.2, 0) is 6.42 Å². The molecule has 3 aromatic rings. The van der Waals surface area contributed by atoms with Gasteiger partial charge in [-0.05, 0) is 24.8 Å². The number of aliphatic hydroxyl groups excluding tert-OH is 1. The molecule has 172 valence electrons. The summed E-state index contributed by atoms with van der Waals surface area (Å²) in [4.78, 5) is 20.6. The SMILES string of the molecule is O=C(c1ncn([C@H]2CCCC[C@H]2O)c1-c1ccccc1)N1CCNC[C@H]1Cc1ccccc1. The lowest BCUT2D eigenvalue weighted by Gasteiger charge is -2.36. The highest BCUT2D eigenvalue weighted by Gasteiger charge is 2.34. The summed E-state index contributed by atoms with van der Waals surface area (Å²) >= 11 is 0. The van der Waals surface area contributed by atoms with Gasteiger partial charge in [0.25, 0.3) is 5.91 Å². The van der Waals surface area contributed by atoms with Crippen LogP contribution in [0.25, 0.3) is 11.3 Å². The summed E-state index contributed by atoms with van der Waals surface area (Å²) in [6.07, 6.45) is 5.97. The van der Waals surface area contributed by atoms with Crippen LogP contribution < -0.4 is 5.32 Å². The predicted octanol–water partition coefficient (Wildman–Crippen LogP) is 3.68. The van der Waals surface area contributed by atoms with E-state index in [0.717, 1.165) is 56.5 Å². The number of rotatable bonds is 5. The fourth-order valence-corrected chi connectivity index (χ4v) is 5.30. The zero-order chi connectivity index (χ0) is 22.6. The summed E-state index contributed by atoms with van der Waals surface area (Å²) in [6.45, 7) is 2.20. The van der Waals surface area contributed by atoms with Gasteiger partial charge in [0.05, 0.1) is 24.2 Å². The Balaban J connectivity index is 1.50. The van der Waals surface area contributed by atoms with Gasteiger partial charge >= 0.3 is 0 Å². The molecule has 3 atom stereocenters. The molecule has 2 fully saturated rings. The molecule has 2 aromatic carbocycles. The summed E-state index contributed by atoms with van der Waals surface area (Å²) in [7, 11) is 0. The number of amides is 1. The van der Waals surface area contributed by atoms with E-state index >= 15 is 0 Å². The summed E-state index contributed by atoms with van der Waals surface area (Å²) in [5, 5.41) is 14.2. The Morgan fingerprint density at radius 2 is 1.76 bits per heavy atom. The van der Waals surface area contributed by atoms with Gasteiger partial charge in [-0.25, -0.2) is 4.98 Å². The van der Waals surface area contributed by atoms with Crippen LogP contribution in [0.1, 0.15) is 47.8 Å². The molecule has 2 aliphatic rings. The minimum atomic E-state index is -0.414. The Labute approximate surface area is 195 Å². The molecule has 0 radical (unpaired) electrons. The predicted molar refractivity (Wildman–Crippen MR) is 129 cm³/mol. The second-order valence-corrected chi connectivity index (χ2v) is 9.18. The molecule has 2 N–H and O–H groups in total. The molecule has 0 spiro atoms. The van der Waals surface area contributed by atoms with E-state index in [2.05, 4.69) is 27.0 Å². The van der Waals surface area contributed by atoms with Gasteiger partial charge in [-0.3, -0.25) is 4.79 Å². The summed E-state index contributed by atoms with van der Waals surface area (Å²) in [5.41, 5.74) is 3.50. The van der Waals surface area contributed by atoms with E-state index in [9.17, 15) is 9.90 Å². The molecular formula is C27H32N4O2. The molecule has 1 amide bonds. The van der Waals surface area contributed by atoms with Gasteiger partial charge < -0.3 is 19.9 Å². The molecule has 0 unspecified atom stereocenters. The number of benzene rings is 2. The number of aromatic nitrogens is 2. The number of hydrogen-bond donors (Lipinski definition) is 2. The number of carbonyl (C=O) groups excluding carboxylic acids is 1. The molecule has 5 rings (SSSR count). The van der Waals surface area contributed by atoms with Crippen LogP contribution in [0.15, 0.2) is 67.0 Å². The molecule has 1 aromatic heterocycles. The molecule has 6 nitrogen and oxygen atoms in total. The number of piperazine rings is 1. The molecule has 1 saturated heterocycles. The average molecular weight is 445 g/mol. The van der Waals surface area contributed by atoms with Gasteiger partial charge in [0.15, 0.2) is 5.69 Å². The standard InChI is InChI=1S/C27H32N4O2/c32-24-14-8-7-13-23(24)31-19-29-25(26(31)21-11-5-2-6-12-21)27(33)30-16-15-28-18-22(30)17-20-9-3-1-4-10-20/h1-6,9-12,19,22-24,28,32H,7-8,13-18H2/t22-,23+,24-/m1/s1. The summed E-state index contributed by atoms with van der Waals surface area (Å²) < 4.78 is 2.06. The topological polar surface area (TPSA) is 70.4 Å². The number of aliphatic hydroxyl groups is 1. The average Bonchev–Trinajstić information content (AvgIpc) is 3.30. The molecule has 1 saturated carbocycles. The Bertz CT molecular complexity index is 1070. The van der Waals surface area contributed by atoms with Crippen LogP contribution in [0.2, 0.25) is 0 Å². The van der Waals surface area contributed by atoms with Crippen molar-refractivity contribution in [3.63, 3.8) is 0 Å². The van der Waals surface area contributed by atoms with Crippen molar-refractivity contribution in [2.75, 3.05) is 19.6 Å². The summed E-state index contributed by atoms with van der Waals surface area (Å²) in [6, 6.07) is 20.4. The Morgan fingerprint density at radius 1 is 1.03 bits per heavy atom. The maximum atomic E-state index is 13.9. The van der Waals surface area contributed by atoms with E-state index in [1.54, 1.807) is 6.33 Å². The highest BCUT2D eigenvalue weighted by molar-refractivity contribution is 5.98. The minimum Gasteiger partial charge on any atom is -0.391 e. The third kappa shape index (κ3) is 4.59. The number of nitrogens with zero attached hydrogens (tertiary/aromatic N) is 3. The third-order valence-corrected chi connectivity index (χ3v) is 7.02. The Hall–Kier alpha value is -2.96. The number of hydrogen-bond acceptors (Lipinski definition) is 4. The molecule has 1 aliphatic heterocycles. The van der Waals surface area contributed by atoms with Crippen LogP contribution >= 0.6 is 0 Å². The lowest BCUT2D eigenvalue weighted by Crippen LogP contribution is -2.54. The largest absolute Gasteiger partial charge is 0.391 e. The van der Waals surface area contributed by atoms with E-state index in [1.807, 2.05) is 53.4 Å². The lowest BCUT2D eigenvalue weighted by molar-refractivity contribution is 0.0629. The Kier molecular flexibility index (Phi) is 6.55. The lowest BCUT2D eigenvalue weighted by atomic mass is 9.92. The van der Waals surface area contributed by atoms with Crippen LogP contribution in [0.4, 0.5) is 0 Å². The van der Waals surface area contributed by atoms with Gasteiger partial charge in [0.2, 0.25) is 0 Å². The zero-order valence-electron chi connectivity index (χ0n) is 18.9. The number of imidazole rings is 1. The fraction of sp³-hybridized carbons (Fsp3) is 0.407. The van der Waals surface area contributed by atoms with Gasteiger partial charge in [0.1, 0.15) is 0 Å². The van der Waals surface area contributed by atoms with Crippen molar-refractivity contribution in [3.05, 3.63) is 78.2 Å². The maximum absolute atomic E-state index is 13.9. The zero-order valence-corrected chi connectivity index (χ0v) is 18.9. The van der Waals surface area contributed by atoms with Gasteiger partial charge in [-0.2, -0.15) is 0 Å². The highest BCUT2D eigenvalue weighted by Crippen LogP contribution is 2.35. The first-order chi connectivity index (χ1) is 16.2. The molecule has 1 aliphatic carbocycles. The Morgan fingerprint density at radius 3 is 2.52 bits per heavy atom. The third-order valence-electron chi connectivity index (χ3n) is 7.02. The van der Waals surface area contributed by atoms with Crippen molar-refractivity contribution >= 4 is 5.91 Å². The van der Waals surface area contributed by atoms with Crippen molar-refractivity contribution in [1.82, 2.24) is 19.8 Å². The number of nitrogens with one attached hydrogen (secondary N) is 1. The molecule has 33 heavy (non-hydrogen) atoms. The number of carbonyl (C=O) groups is 1. The van der Waals surface area contributed by atoms with Crippen molar-refractivity contribution in [2.24, 2.45) is 0 Å². The second kappa shape index (κ2) is 9.89. The van der Waals surface area contributed by atoms with Crippen LogP contribution in [0.5, 0.6) is 0 Å². The first-order valence-electron chi connectivity index (χ1n) is 12.1. The minimum absolute atomic E-state index is 0.0275. The van der Waals surface area contributed by atoms with Gasteiger partial charge in [-0.1, -0.05) is 73.5 Å². The van der Waals surface area contributed by atoms with Crippen LogP contribution in [0.3, 0.4) is 0 Å². The first kappa shape index (κ1) is 21.9. The van der Waals surface area contributed by atoms with Gasteiger partial charge in [-0.15, -0.1) is 0 Å². The van der Waals surface area contributed by atoms with Crippen molar-refractivity contribution in [2.45, 2.75) is 50.3 Å². The van der Waals surface area contributed by atoms with Crippen LogP contribution in [-0.4, -0.2) is 57.2 Å². The van der Waals surface area contributed by atoms with Crippen molar-refractivity contribution in [1.29, 1.82) is 0 Å². The van der Waals surface area contributed by atoms with Crippen molar-refractivity contribution in [3.8, 4) is 11.3 Å². The molecular weight excluding hydrogens is 412 g/mol. The smallest absolute Gasteiger partial charge is 0.275 e. The molecule has 6 heteroatoms. The quantitative estimate of drug-likeness (QED) is 0.630. The van der Waals surface area contributed by atoms with E-state index in [1.165, 1.54) is 5.56 Å². The van der Waals surface area contributed by atoms with E-state index in [-0.39, 0.29) is 18.0 Å². The van der Waals surface area contributed by atoms with E-state index in [4.69, 9.17) is 0 Å². The first-order valence-corrected chi connectivity index (χ1v) is 12.1. The van der Waals surface area contributed by atoms with Gasteiger partial charge in [0, 0.05) is 31.2 Å². The maximum Gasteiger partial charge on any atom is 0.275 e. The van der Waals surface area contributed by atoms with Crippen LogP contribution in [0, 0.1) is 0 Å². The van der Waals surface area contributed by atoms with E-state index < -0.39 is 6.10 Å². The molecule has 2 heterocycles.